The van der Waals surface area contributed by atoms with Gasteiger partial charge >= 0.3 is 0 Å². The van der Waals surface area contributed by atoms with E-state index in [0.717, 1.165) is 13.1 Å². The number of hydrogen-bond acceptors (Lipinski definition) is 4. The van der Waals surface area contributed by atoms with E-state index in [4.69, 9.17) is 4.74 Å². The van der Waals surface area contributed by atoms with E-state index in [0.29, 0.717) is 18.8 Å². The summed E-state index contributed by atoms with van der Waals surface area (Å²) in [6, 6.07) is 17.0. The lowest BCUT2D eigenvalue weighted by Crippen LogP contribution is -2.54. The van der Waals surface area contributed by atoms with Gasteiger partial charge < -0.3 is 19.9 Å². The number of anilines is 1. The molecule has 2 aromatic carbocycles. The monoisotopic (exact) mass is 381 g/mol. The third-order valence-corrected chi connectivity index (χ3v) is 4.82. The van der Waals surface area contributed by atoms with Crippen LogP contribution in [0.5, 0.6) is 5.75 Å². The van der Waals surface area contributed by atoms with Crippen LogP contribution in [-0.4, -0.2) is 55.5 Å². The number of amides is 2. The Balaban J connectivity index is 1.44. The summed E-state index contributed by atoms with van der Waals surface area (Å²) in [5.41, 5.74) is 2.41. The smallest absolute Gasteiger partial charge is 0.258 e. The number of ether oxygens (including phenoxy) is 1. The molecule has 6 heteroatoms. The van der Waals surface area contributed by atoms with Gasteiger partial charge in [0, 0.05) is 31.9 Å². The average Bonchev–Trinajstić information content (AvgIpc) is 2.72. The molecule has 1 heterocycles. The van der Waals surface area contributed by atoms with Crippen LogP contribution in [0.25, 0.3) is 0 Å². The molecule has 1 aliphatic rings. The molecule has 0 bridgehead atoms. The number of rotatable bonds is 6. The van der Waals surface area contributed by atoms with Crippen molar-refractivity contribution in [2.45, 2.75) is 19.9 Å². The van der Waals surface area contributed by atoms with E-state index in [-0.39, 0.29) is 18.4 Å². The van der Waals surface area contributed by atoms with Crippen molar-refractivity contribution >= 4 is 17.5 Å². The second-order valence-corrected chi connectivity index (χ2v) is 7.04. The van der Waals surface area contributed by atoms with Crippen molar-refractivity contribution in [2.24, 2.45) is 0 Å². The van der Waals surface area contributed by atoms with Gasteiger partial charge in [-0.3, -0.25) is 9.59 Å². The molecule has 0 unspecified atom stereocenters. The molecule has 3 rings (SSSR count). The number of nitrogens with one attached hydrogen (secondary N) is 1. The molecule has 0 radical (unpaired) electrons. The molecule has 0 aliphatic carbocycles. The van der Waals surface area contributed by atoms with E-state index in [1.807, 2.05) is 23.1 Å². The van der Waals surface area contributed by atoms with E-state index >= 15 is 0 Å². The molecule has 1 atom stereocenters. The minimum Gasteiger partial charge on any atom is -0.484 e. The van der Waals surface area contributed by atoms with Gasteiger partial charge in [0.05, 0.1) is 0 Å². The number of carbonyl (C=O) groups excluding carboxylic acids is 2. The maximum Gasteiger partial charge on any atom is 0.258 e. The minimum absolute atomic E-state index is 0.0584. The van der Waals surface area contributed by atoms with Crippen LogP contribution in [0.4, 0.5) is 5.69 Å². The van der Waals surface area contributed by atoms with Crippen molar-refractivity contribution in [1.82, 2.24) is 10.2 Å². The predicted octanol–water partition coefficient (Wildman–Crippen LogP) is 2.23. The average molecular weight is 381 g/mol. The van der Waals surface area contributed by atoms with Crippen LogP contribution in [0.15, 0.2) is 54.6 Å². The first-order chi connectivity index (χ1) is 13.5. The van der Waals surface area contributed by atoms with Crippen molar-refractivity contribution in [1.29, 1.82) is 0 Å². The zero-order valence-electron chi connectivity index (χ0n) is 16.4. The van der Waals surface area contributed by atoms with Gasteiger partial charge in [0.2, 0.25) is 5.91 Å². The molecule has 2 amide bonds. The molecule has 6 nitrogen and oxygen atoms in total. The van der Waals surface area contributed by atoms with Gasteiger partial charge in [0.25, 0.3) is 5.91 Å². The number of aryl methyl sites for hydroxylation is 1. The fourth-order valence-corrected chi connectivity index (χ4v) is 3.29. The molecule has 1 saturated heterocycles. The van der Waals surface area contributed by atoms with Gasteiger partial charge in [-0.25, -0.2) is 0 Å². The normalized spacial score (nSPS) is 15.1. The first-order valence-corrected chi connectivity index (χ1v) is 9.60. The fraction of sp³-hybridized carbons (Fsp3) is 0.364. The van der Waals surface area contributed by atoms with Crippen molar-refractivity contribution in [3.05, 3.63) is 60.2 Å². The largest absolute Gasteiger partial charge is 0.484 e. The number of piperazine rings is 1. The highest BCUT2D eigenvalue weighted by Crippen LogP contribution is 2.18. The fourth-order valence-electron chi connectivity index (χ4n) is 3.29. The van der Waals surface area contributed by atoms with Crippen molar-refractivity contribution in [2.75, 3.05) is 37.7 Å². The van der Waals surface area contributed by atoms with Gasteiger partial charge in [-0.1, -0.05) is 30.3 Å². The first-order valence-electron chi connectivity index (χ1n) is 9.60. The molecule has 1 fully saturated rings. The van der Waals surface area contributed by atoms with Crippen LogP contribution in [0.3, 0.4) is 0 Å². The Kier molecular flexibility index (Phi) is 6.53. The SMILES string of the molecule is Cc1cccc(N2CCN(C(=O)[C@H](C)NC(=O)COc3ccccc3)CC2)c1. The second kappa shape index (κ2) is 9.26. The van der Waals surface area contributed by atoms with E-state index in [2.05, 4.69) is 41.4 Å². The molecule has 2 aromatic rings. The summed E-state index contributed by atoms with van der Waals surface area (Å²) in [5, 5.41) is 2.73. The molecule has 28 heavy (non-hydrogen) atoms. The molecular formula is C22H27N3O3. The summed E-state index contributed by atoms with van der Waals surface area (Å²) in [6.07, 6.45) is 0. The number of hydrogen-bond donors (Lipinski definition) is 1. The molecule has 0 aromatic heterocycles. The Hall–Kier alpha value is -3.02. The lowest BCUT2D eigenvalue weighted by Gasteiger charge is -2.37. The third kappa shape index (κ3) is 5.25. The van der Waals surface area contributed by atoms with Gasteiger partial charge in [0.15, 0.2) is 6.61 Å². The van der Waals surface area contributed by atoms with Crippen molar-refractivity contribution in [3.8, 4) is 5.75 Å². The molecule has 0 saturated carbocycles. The number of nitrogens with zero attached hydrogens (tertiary/aromatic N) is 2. The van der Waals surface area contributed by atoms with Crippen LogP contribution < -0.4 is 15.0 Å². The topological polar surface area (TPSA) is 61.9 Å². The number of benzene rings is 2. The summed E-state index contributed by atoms with van der Waals surface area (Å²) in [7, 11) is 0. The van der Waals surface area contributed by atoms with Crippen LogP contribution in [0.1, 0.15) is 12.5 Å². The van der Waals surface area contributed by atoms with E-state index in [1.54, 1.807) is 19.1 Å². The van der Waals surface area contributed by atoms with Crippen molar-refractivity contribution < 1.29 is 14.3 Å². The van der Waals surface area contributed by atoms with Crippen molar-refractivity contribution in [3.63, 3.8) is 0 Å². The number of para-hydroxylation sites is 1. The predicted molar refractivity (Wildman–Crippen MR) is 110 cm³/mol. The van der Waals surface area contributed by atoms with E-state index in [1.165, 1.54) is 11.3 Å². The van der Waals surface area contributed by atoms with E-state index in [9.17, 15) is 9.59 Å². The Morgan fingerprint density at radius 3 is 2.43 bits per heavy atom. The van der Waals surface area contributed by atoms with Crippen LogP contribution in [0.2, 0.25) is 0 Å². The molecule has 1 aliphatic heterocycles. The Labute approximate surface area is 166 Å². The van der Waals surface area contributed by atoms with Gasteiger partial charge in [-0.05, 0) is 43.7 Å². The highest BCUT2D eigenvalue weighted by atomic mass is 16.5. The lowest BCUT2D eigenvalue weighted by molar-refractivity contribution is -0.136. The summed E-state index contributed by atoms with van der Waals surface area (Å²) >= 11 is 0. The maximum absolute atomic E-state index is 12.7. The summed E-state index contributed by atoms with van der Waals surface area (Å²) in [5.74, 6) is 0.268. The third-order valence-electron chi connectivity index (χ3n) is 4.82. The Morgan fingerprint density at radius 1 is 1.04 bits per heavy atom. The molecule has 1 N–H and O–H groups in total. The van der Waals surface area contributed by atoms with Gasteiger partial charge in [-0.15, -0.1) is 0 Å². The second-order valence-electron chi connectivity index (χ2n) is 7.04. The zero-order chi connectivity index (χ0) is 19.9. The van der Waals surface area contributed by atoms with Gasteiger partial charge in [-0.2, -0.15) is 0 Å². The lowest BCUT2D eigenvalue weighted by atomic mass is 10.2. The Bertz CT molecular complexity index is 802. The zero-order valence-corrected chi connectivity index (χ0v) is 16.4. The van der Waals surface area contributed by atoms with Crippen LogP contribution in [0, 0.1) is 6.92 Å². The summed E-state index contributed by atoms with van der Waals surface area (Å²) in [6.45, 7) is 6.55. The summed E-state index contributed by atoms with van der Waals surface area (Å²) < 4.78 is 5.42. The van der Waals surface area contributed by atoms with Crippen LogP contribution >= 0.6 is 0 Å². The molecule has 148 valence electrons. The maximum atomic E-state index is 12.7. The van der Waals surface area contributed by atoms with E-state index < -0.39 is 6.04 Å². The first kappa shape index (κ1) is 19.7. The molecule has 0 spiro atoms. The Morgan fingerprint density at radius 2 is 1.75 bits per heavy atom. The molecular weight excluding hydrogens is 354 g/mol. The quantitative estimate of drug-likeness (QED) is 0.834. The highest BCUT2D eigenvalue weighted by Gasteiger charge is 2.26. The summed E-state index contributed by atoms with van der Waals surface area (Å²) in [4.78, 5) is 28.8. The van der Waals surface area contributed by atoms with Crippen LogP contribution in [-0.2, 0) is 9.59 Å². The highest BCUT2D eigenvalue weighted by molar-refractivity contribution is 5.88. The van der Waals surface area contributed by atoms with Gasteiger partial charge in [0.1, 0.15) is 11.8 Å². The minimum atomic E-state index is -0.572. The standard InChI is InChI=1S/C22H27N3O3/c1-17-7-6-8-19(15-17)24-11-13-25(14-12-24)22(27)18(2)23-21(26)16-28-20-9-4-3-5-10-20/h3-10,15,18H,11-14,16H2,1-2H3,(H,23,26)/t18-/m0/s1. The number of carbonyl (C=O) groups is 2.